The zero-order valence-electron chi connectivity index (χ0n) is 16.4. The van der Waals surface area contributed by atoms with Gasteiger partial charge in [-0.3, -0.25) is 0 Å². The molecule has 10 heteroatoms. The van der Waals surface area contributed by atoms with Crippen molar-refractivity contribution >= 4 is 11.8 Å². The molecule has 2 aromatic rings. The van der Waals surface area contributed by atoms with E-state index in [1.807, 2.05) is 6.92 Å². The van der Waals surface area contributed by atoms with E-state index in [2.05, 4.69) is 25.9 Å². The molecule has 7 nitrogen and oxygen atoms in total. The third-order valence-corrected chi connectivity index (χ3v) is 3.98. The van der Waals surface area contributed by atoms with Gasteiger partial charge in [-0.2, -0.15) is 13.2 Å². The minimum atomic E-state index is -4.39. The van der Waals surface area contributed by atoms with Gasteiger partial charge in [-0.1, -0.05) is 0 Å². The third-order valence-electron chi connectivity index (χ3n) is 3.98. The van der Waals surface area contributed by atoms with Crippen LogP contribution in [0.5, 0.6) is 0 Å². The van der Waals surface area contributed by atoms with E-state index in [0.29, 0.717) is 43.6 Å². The molecule has 0 aromatic carbocycles. The summed E-state index contributed by atoms with van der Waals surface area (Å²) >= 11 is 0. The Morgan fingerprint density at radius 1 is 1.21 bits per heavy atom. The molecule has 0 fully saturated rings. The number of aliphatic imine (C=N–C) groups is 1. The van der Waals surface area contributed by atoms with Gasteiger partial charge < -0.3 is 25.5 Å². The summed E-state index contributed by atoms with van der Waals surface area (Å²) in [5.41, 5.74) is -2.00. The summed E-state index contributed by atoms with van der Waals surface area (Å²) in [5, 5.41) is 19.7. The van der Waals surface area contributed by atoms with Crippen LogP contribution in [-0.2, 0) is 11.8 Å². The lowest BCUT2D eigenvalue weighted by molar-refractivity contribution is -0.137. The normalized spacial score (nSPS) is 14.3. The molecule has 0 aliphatic carbocycles. The van der Waals surface area contributed by atoms with Gasteiger partial charge in [0.05, 0.1) is 18.4 Å². The highest BCUT2D eigenvalue weighted by Gasteiger charge is 2.30. The van der Waals surface area contributed by atoms with Crippen molar-refractivity contribution in [2.24, 2.45) is 4.99 Å². The summed E-state index contributed by atoms with van der Waals surface area (Å²) in [7, 11) is 0. The highest BCUT2D eigenvalue weighted by atomic mass is 19.4. The van der Waals surface area contributed by atoms with Crippen LogP contribution in [0.3, 0.4) is 0 Å². The molecule has 4 N–H and O–H groups in total. The van der Waals surface area contributed by atoms with Gasteiger partial charge in [0, 0.05) is 25.8 Å². The van der Waals surface area contributed by atoms with E-state index < -0.39 is 17.3 Å². The summed E-state index contributed by atoms with van der Waals surface area (Å²) < 4.78 is 42.8. The lowest BCUT2D eigenvalue weighted by atomic mass is 10.0. The first kappa shape index (κ1) is 22.5. The topological polar surface area (TPSA) is 94.7 Å². The zero-order valence-corrected chi connectivity index (χ0v) is 16.4. The quantitative estimate of drug-likeness (QED) is 0.287. The summed E-state index contributed by atoms with van der Waals surface area (Å²) in [5.74, 6) is 1.37. The third kappa shape index (κ3) is 7.30. The summed E-state index contributed by atoms with van der Waals surface area (Å²) in [4.78, 5) is 8.14. The molecule has 0 saturated heterocycles. The highest BCUT2D eigenvalue weighted by Crippen LogP contribution is 2.28. The second-order valence-corrected chi connectivity index (χ2v) is 6.58. The number of anilines is 1. The van der Waals surface area contributed by atoms with E-state index in [0.717, 1.165) is 12.3 Å². The number of pyridine rings is 1. The van der Waals surface area contributed by atoms with E-state index in [1.165, 1.54) is 12.3 Å². The maximum Gasteiger partial charge on any atom is 0.417 e. The minimum Gasteiger partial charge on any atom is -0.466 e. The second-order valence-electron chi connectivity index (χ2n) is 6.58. The number of hydrogen-bond acceptors (Lipinski definition) is 5. The van der Waals surface area contributed by atoms with Gasteiger partial charge in [0.15, 0.2) is 5.96 Å². The van der Waals surface area contributed by atoms with Gasteiger partial charge in [0.25, 0.3) is 0 Å². The highest BCUT2D eigenvalue weighted by molar-refractivity contribution is 5.79. The molecular weight excluding hydrogens is 387 g/mol. The van der Waals surface area contributed by atoms with E-state index >= 15 is 0 Å². The maximum absolute atomic E-state index is 12.5. The van der Waals surface area contributed by atoms with E-state index in [1.54, 1.807) is 19.1 Å². The summed E-state index contributed by atoms with van der Waals surface area (Å²) in [6.45, 7) is 5.42. The van der Waals surface area contributed by atoms with Crippen LogP contribution in [0.4, 0.5) is 19.0 Å². The molecule has 29 heavy (non-hydrogen) atoms. The molecule has 0 spiro atoms. The number of alkyl halides is 3. The van der Waals surface area contributed by atoms with Crippen molar-refractivity contribution in [2.75, 3.05) is 31.5 Å². The molecule has 160 valence electrons. The fourth-order valence-electron chi connectivity index (χ4n) is 2.42. The minimum absolute atomic E-state index is 0.115. The molecule has 0 bridgehead atoms. The number of nitrogens with zero attached hydrogens (tertiary/aromatic N) is 2. The van der Waals surface area contributed by atoms with Gasteiger partial charge in [-0.25, -0.2) is 9.98 Å². The number of rotatable bonds is 9. The van der Waals surface area contributed by atoms with Gasteiger partial charge >= 0.3 is 6.18 Å². The number of aliphatic hydroxyl groups is 1. The molecule has 0 radical (unpaired) electrons. The number of hydrogen-bond donors (Lipinski definition) is 4. The lowest BCUT2D eigenvalue weighted by Crippen LogP contribution is -2.39. The molecule has 1 unspecified atom stereocenters. The molecule has 0 amide bonds. The SMILES string of the molecule is CCNC(=NCC(C)(O)c1ccco1)NCCCNc1ccc(C(F)(F)F)cn1. The van der Waals surface area contributed by atoms with Crippen LogP contribution >= 0.6 is 0 Å². The Balaban J connectivity index is 1.76. The van der Waals surface area contributed by atoms with Crippen LogP contribution in [0.15, 0.2) is 46.1 Å². The Kier molecular flexibility index (Phi) is 7.89. The fourth-order valence-corrected chi connectivity index (χ4v) is 2.42. The van der Waals surface area contributed by atoms with Crippen molar-refractivity contribution in [3.05, 3.63) is 48.0 Å². The second kappa shape index (κ2) is 10.1. The number of guanidine groups is 1. The molecule has 1 atom stereocenters. The van der Waals surface area contributed by atoms with Crippen molar-refractivity contribution in [3.8, 4) is 0 Å². The predicted octanol–water partition coefficient (Wildman–Crippen LogP) is 2.96. The van der Waals surface area contributed by atoms with Crippen LogP contribution in [0.25, 0.3) is 0 Å². The van der Waals surface area contributed by atoms with Gasteiger partial charge in [0.2, 0.25) is 0 Å². The molecule has 2 rings (SSSR count). The smallest absolute Gasteiger partial charge is 0.417 e. The Morgan fingerprint density at radius 2 is 2.00 bits per heavy atom. The zero-order chi connectivity index (χ0) is 21.3. The average Bonchev–Trinajstić information content (AvgIpc) is 3.21. The van der Waals surface area contributed by atoms with Crippen LogP contribution < -0.4 is 16.0 Å². The summed E-state index contributed by atoms with van der Waals surface area (Å²) in [6.07, 6.45) is -1.41. The molecule has 2 heterocycles. The number of furan rings is 1. The number of nitrogens with one attached hydrogen (secondary N) is 3. The van der Waals surface area contributed by atoms with Gasteiger partial charge in [-0.15, -0.1) is 0 Å². The fraction of sp³-hybridized carbons (Fsp3) is 0.474. The standard InChI is InChI=1S/C19H26F3N5O2/c1-3-23-17(27-13-18(2,28)15-6-4-11-29-15)25-10-5-9-24-16-8-7-14(12-26-16)19(20,21)22/h4,6-8,11-12,28H,3,5,9-10,13H2,1-2H3,(H,24,26)(H2,23,25,27). The molecule has 0 aliphatic rings. The van der Waals surface area contributed by atoms with Crippen LogP contribution in [0, 0.1) is 0 Å². The van der Waals surface area contributed by atoms with E-state index in [-0.39, 0.29) is 6.54 Å². The molecule has 2 aromatic heterocycles. The summed E-state index contributed by atoms with van der Waals surface area (Å²) in [6, 6.07) is 5.69. The first-order valence-electron chi connectivity index (χ1n) is 9.28. The number of halogens is 3. The lowest BCUT2D eigenvalue weighted by Gasteiger charge is -2.19. The Hall–Kier alpha value is -2.75. The largest absolute Gasteiger partial charge is 0.466 e. The van der Waals surface area contributed by atoms with E-state index in [4.69, 9.17) is 4.42 Å². The van der Waals surface area contributed by atoms with Crippen LogP contribution in [-0.4, -0.2) is 42.2 Å². The van der Waals surface area contributed by atoms with Crippen LogP contribution in [0.2, 0.25) is 0 Å². The monoisotopic (exact) mass is 413 g/mol. The first-order valence-corrected chi connectivity index (χ1v) is 9.28. The van der Waals surface area contributed by atoms with Gasteiger partial charge in [0.1, 0.15) is 17.2 Å². The molecule has 0 aliphatic heterocycles. The van der Waals surface area contributed by atoms with Crippen LogP contribution in [0.1, 0.15) is 31.6 Å². The van der Waals surface area contributed by atoms with Crippen molar-refractivity contribution in [2.45, 2.75) is 32.0 Å². The van der Waals surface area contributed by atoms with Crippen molar-refractivity contribution < 1.29 is 22.7 Å². The van der Waals surface area contributed by atoms with Crippen molar-refractivity contribution in [3.63, 3.8) is 0 Å². The van der Waals surface area contributed by atoms with Crippen molar-refractivity contribution in [1.82, 2.24) is 15.6 Å². The Morgan fingerprint density at radius 3 is 2.59 bits per heavy atom. The predicted molar refractivity (Wildman–Crippen MR) is 105 cm³/mol. The average molecular weight is 413 g/mol. The molecular formula is C19H26F3N5O2. The van der Waals surface area contributed by atoms with Gasteiger partial charge in [-0.05, 0) is 44.5 Å². The Bertz CT molecular complexity index is 759. The van der Waals surface area contributed by atoms with Crippen molar-refractivity contribution in [1.29, 1.82) is 0 Å². The van der Waals surface area contributed by atoms with E-state index in [9.17, 15) is 18.3 Å². The maximum atomic E-state index is 12.5. The molecule has 0 saturated carbocycles. The number of aromatic nitrogens is 1. The Labute approximate surface area is 167 Å². The first-order chi connectivity index (χ1) is 13.7.